The van der Waals surface area contributed by atoms with Gasteiger partial charge < -0.3 is 15.7 Å². The Bertz CT molecular complexity index is 926. The highest BCUT2D eigenvalue weighted by atomic mass is 79.9. The van der Waals surface area contributed by atoms with Gasteiger partial charge >= 0.3 is 5.92 Å². The molecule has 1 aromatic heterocycles. The van der Waals surface area contributed by atoms with Crippen molar-refractivity contribution in [2.24, 2.45) is 0 Å². The zero-order valence-corrected chi connectivity index (χ0v) is 17.8. The van der Waals surface area contributed by atoms with Gasteiger partial charge in [-0.1, -0.05) is 18.2 Å². The normalized spacial score (nSPS) is 22.1. The number of fused-ring (bicyclic) bond motifs is 1. The number of aliphatic hydroxyl groups is 1. The number of amides is 1. The molecule has 9 heteroatoms. The third kappa shape index (κ3) is 4.69. The van der Waals surface area contributed by atoms with Crippen LogP contribution in [0.25, 0.3) is 0 Å². The first kappa shape index (κ1) is 21.3. The van der Waals surface area contributed by atoms with Crippen molar-refractivity contribution in [3.8, 4) is 0 Å². The SMILES string of the molecule is O=C1N[C@@H](O)CCC1N1Cc2ccc(CNCC(F)(F)c3ccc(Br)cn3)cc2C1. The minimum atomic E-state index is -3.06. The summed E-state index contributed by atoms with van der Waals surface area (Å²) >= 11 is 3.20. The number of nitrogens with one attached hydrogen (secondary N) is 2. The van der Waals surface area contributed by atoms with E-state index in [2.05, 4.69) is 36.4 Å². The maximum Gasteiger partial charge on any atom is 0.301 e. The van der Waals surface area contributed by atoms with Gasteiger partial charge in [-0.15, -0.1) is 0 Å². The number of pyridine rings is 1. The zero-order chi connectivity index (χ0) is 21.3. The average molecular weight is 481 g/mol. The number of carbonyl (C=O) groups excluding carboxylic acids is 1. The van der Waals surface area contributed by atoms with Gasteiger partial charge in [0.15, 0.2) is 0 Å². The molecule has 2 aliphatic heterocycles. The molecule has 3 heterocycles. The smallest absolute Gasteiger partial charge is 0.301 e. The lowest BCUT2D eigenvalue weighted by Crippen LogP contribution is -2.52. The van der Waals surface area contributed by atoms with Crippen molar-refractivity contribution >= 4 is 21.8 Å². The molecule has 3 N–H and O–H groups in total. The number of hydrogen-bond donors (Lipinski definition) is 3. The van der Waals surface area contributed by atoms with Gasteiger partial charge in [0.2, 0.25) is 5.91 Å². The number of rotatable bonds is 6. The van der Waals surface area contributed by atoms with Crippen molar-refractivity contribution in [3.63, 3.8) is 0 Å². The fourth-order valence-electron chi connectivity index (χ4n) is 3.98. The number of nitrogens with zero attached hydrogens (tertiary/aromatic N) is 2. The highest BCUT2D eigenvalue weighted by molar-refractivity contribution is 9.10. The molecule has 1 saturated heterocycles. The summed E-state index contributed by atoms with van der Waals surface area (Å²) in [6.07, 6.45) is 1.76. The molecular formula is C21H23BrF2N4O2. The number of aromatic nitrogens is 1. The highest BCUT2D eigenvalue weighted by Crippen LogP contribution is 2.29. The molecule has 0 aliphatic carbocycles. The van der Waals surface area contributed by atoms with Crippen LogP contribution < -0.4 is 10.6 Å². The Morgan fingerprint density at radius 2 is 2.03 bits per heavy atom. The number of piperidine rings is 1. The third-order valence-electron chi connectivity index (χ3n) is 5.56. The van der Waals surface area contributed by atoms with Crippen LogP contribution in [-0.4, -0.2) is 39.7 Å². The summed E-state index contributed by atoms with van der Waals surface area (Å²) in [5.41, 5.74) is 2.90. The first-order chi connectivity index (χ1) is 14.3. The molecule has 0 saturated carbocycles. The molecule has 6 nitrogen and oxygen atoms in total. The predicted octanol–water partition coefficient (Wildman–Crippen LogP) is 2.64. The van der Waals surface area contributed by atoms with E-state index < -0.39 is 18.7 Å². The van der Waals surface area contributed by atoms with Gasteiger partial charge in [0.1, 0.15) is 11.9 Å². The average Bonchev–Trinajstić information content (AvgIpc) is 3.11. The fraction of sp³-hybridized carbons (Fsp3) is 0.429. The van der Waals surface area contributed by atoms with E-state index in [1.165, 1.54) is 12.3 Å². The number of aliphatic hydroxyl groups excluding tert-OH is 1. The van der Waals surface area contributed by atoms with Crippen molar-refractivity contribution < 1.29 is 18.7 Å². The molecule has 1 fully saturated rings. The van der Waals surface area contributed by atoms with E-state index in [-0.39, 0.29) is 17.6 Å². The molecule has 1 aromatic carbocycles. The summed E-state index contributed by atoms with van der Waals surface area (Å²) in [4.78, 5) is 18.1. The Balaban J connectivity index is 1.34. The second-order valence-electron chi connectivity index (χ2n) is 7.80. The van der Waals surface area contributed by atoms with Gasteiger partial charge in [-0.2, -0.15) is 8.78 Å². The highest BCUT2D eigenvalue weighted by Gasteiger charge is 2.35. The molecule has 160 valence electrons. The van der Waals surface area contributed by atoms with Crippen LogP contribution in [0.2, 0.25) is 0 Å². The van der Waals surface area contributed by atoms with E-state index in [9.17, 15) is 18.7 Å². The maximum absolute atomic E-state index is 14.3. The summed E-state index contributed by atoms with van der Waals surface area (Å²) < 4.78 is 29.3. The molecule has 30 heavy (non-hydrogen) atoms. The fourth-order valence-corrected chi connectivity index (χ4v) is 4.21. The Kier molecular flexibility index (Phi) is 6.15. The quantitative estimate of drug-likeness (QED) is 0.592. The van der Waals surface area contributed by atoms with Crippen LogP contribution in [0, 0.1) is 0 Å². The number of carbonyl (C=O) groups is 1. The van der Waals surface area contributed by atoms with Gasteiger partial charge in [0, 0.05) is 30.3 Å². The van der Waals surface area contributed by atoms with E-state index in [4.69, 9.17) is 0 Å². The monoisotopic (exact) mass is 480 g/mol. The van der Waals surface area contributed by atoms with Crippen molar-refractivity contribution in [1.29, 1.82) is 0 Å². The summed E-state index contributed by atoms with van der Waals surface area (Å²) in [6.45, 7) is 1.12. The van der Waals surface area contributed by atoms with Crippen LogP contribution in [0.4, 0.5) is 8.78 Å². The van der Waals surface area contributed by atoms with Gasteiger partial charge in [-0.3, -0.25) is 14.7 Å². The van der Waals surface area contributed by atoms with E-state index in [1.54, 1.807) is 6.07 Å². The summed E-state index contributed by atoms with van der Waals surface area (Å²) in [5.74, 6) is -3.21. The van der Waals surface area contributed by atoms with Crippen LogP contribution >= 0.6 is 15.9 Å². The number of alkyl halides is 2. The molecule has 1 amide bonds. The zero-order valence-electron chi connectivity index (χ0n) is 16.2. The number of halogens is 3. The molecule has 0 spiro atoms. The first-order valence-corrected chi connectivity index (χ1v) is 10.6. The first-order valence-electron chi connectivity index (χ1n) is 9.85. The van der Waals surface area contributed by atoms with Crippen LogP contribution in [-0.2, 0) is 30.4 Å². The minimum absolute atomic E-state index is 0.146. The Labute approximate surface area is 181 Å². The number of benzene rings is 1. The lowest BCUT2D eigenvalue weighted by atomic mass is 10.0. The summed E-state index contributed by atoms with van der Waals surface area (Å²) in [7, 11) is 0. The van der Waals surface area contributed by atoms with Gasteiger partial charge in [0.25, 0.3) is 0 Å². The van der Waals surface area contributed by atoms with Crippen molar-refractivity contribution in [2.75, 3.05) is 6.54 Å². The van der Waals surface area contributed by atoms with E-state index >= 15 is 0 Å². The van der Waals surface area contributed by atoms with Crippen LogP contribution in [0.3, 0.4) is 0 Å². The predicted molar refractivity (Wildman–Crippen MR) is 110 cm³/mol. The van der Waals surface area contributed by atoms with Crippen molar-refractivity contribution in [2.45, 2.75) is 50.7 Å². The van der Waals surface area contributed by atoms with E-state index in [1.807, 2.05) is 18.2 Å². The number of hydrogen-bond acceptors (Lipinski definition) is 5. The van der Waals surface area contributed by atoms with Gasteiger partial charge in [-0.05, 0) is 57.6 Å². The molecule has 0 radical (unpaired) electrons. The van der Waals surface area contributed by atoms with E-state index in [0.29, 0.717) is 36.9 Å². The van der Waals surface area contributed by atoms with Crippen LogP contribution in [0.1, 0.15) is 35.2 Å². The lowest BCUT2D eigenvalue weighted by molar-refractivity contribution is -0.133. The minimum Gasteiger partial charge on any atom is -0.374 e. The van der Waals surface area contributed by atoms with Crippen molar-refractivity contribution in [1.82, 2.24) is 20.5 Å². The van der Waals surface area contributed by atoms with Crippen LogP contribution in [0.15, 0.2) is 41.0 Å². The topological polar surface area (TPSA) is 77.5 Å². The molecule has 1 unspecified atom stereocenters. The molecule has 2 aliphatic rings. The second-order valence-corrected chi connectivity index (χ2v) is 8.71. The largest absolute Gasteiger partial charge is 0.374 e. The Hall–Kier alpha value is -1.94. The molecular weight excluding hydrogens is 458 g/mol. The molecule has 0 bridgehead atoms. The van der Waals surface area contributed by atoms with Crippen LogP contribution in [0.5, 0.6) is 0 Å². The summed E-state index contributed by atoms with van der Waals surface area (Å²) in [6, 6.07) is 8.55. The molecule has 2 aromatic rings. The maximum atomic E-state index is 14.3. The second kappa shape index (κ2) is 8.66. The molecule has 2 atom stereocenters. The summed E-state index contributed by atoms with van der Waals surface area (Å²) in [5, 5.41) is 15.0. The Morgan fingerprint density at radius 3 is 2.77 bits per heavy atom. The Morgan fingerprint density at radius 1 is 1.23 bits per heavy atom. The van der Waals surface area contributed by atoms with Crippen molar-refractivity contribution in [3.05, 3.63) is 63.4 Å². The standard InChI is InChI=1S/C21H23BrF2N4O2/c22-16-3-5-18(26-9-16)21(23,24)12-25-8-13-1-2-14-10-28(11-15(14)7-13)17-4-6-19(29)27-20(17)30/h1-3,5,7,9,17,19,25,29H,4,6,8,10-12H2,(H,27,30)/t17?,19-/m0/s1. The lowest BCUT2D eigenvalue weighted by Gasteiger charge is -2.32. The van der Waals surface area contributed by atoms with Gasteiger partial charge in [0.05, 0.1) is 12.6 Å². The van der Waals surface area contributed by atoms with Gasteiger partial charge in [-0.25, -0.2) is 0 Å². The third-order valence-corrected chi connectivity index (χ3v) is 6.03. The molecule has 4 rings (SSSR count). The van der Waals surface area contributed by atoms with E-state index in [0.717, 1.165) is 16.7 Å².